The van der Waals surface area contributed by atoms with Gasteiger partial charge in [-0.1, -0.05) is 25.3 Å². The Balaban J connectivity index is 1.33. The van der Waals surface area contributed by atoms with E-state index in [2.05, 4.69) is 26.5 Å². The Bertz CT molecular complexity index is 2170. The van der Waals surface area contributed by atoms with Crippen LogP contribution < -0.4 is 9.46 Å². The lowest BCUT2D eigenvalue weighted by molar-refractivity contribution is 0.0369. The van der Waals surface area contributed by atoms with Gasteiger partial charge in [0.1, 0.15) is 12.0 Å². The van der Waals surface area contributed by atoms with Crippen molar-refractivity contribution in [3.63, 3.8) is 0 Å². The number of hydrogen-bond acceptors (Lipinski definition) is 7. The van der Waals surface area contributed by atoms with Crippen molar-refractivity contribution < 1.29 is 27.5 Å². The van der Waals surface area contributed by atoms with E-state index >= 15 is 0 Å². The number of ether oxygens (including phenoxy) is 2. The van der Waals surface area contributed by atoms with Gasteiger partial charge in [-0.25, -0.2) is 13.1 Å². The molecular weight excluding hydrogens is 655 g/mol. The summed E-state index contributed by atoms with van der Waals surface area (Å²) in [5, 5.41) is 4.89. The van der Waals surface area contributed by atoms with Gasteiger partial charge in [-0.2, -0.15) is 5.10 Å². The van der Waals surface area contributed by atoms with E-state index in [1.165, 1.54) is 12.0 Å². The molecule has 2 aromatic carbocycles. The number of aryl methyl sites for hydroxylation is 1. The van der Waals surface area contributed by atoms with Gasteiger partial charge in [-0.3, -0.25) is 14.3 Å². The average molecular weight is 698 g/mol. The molecule has 12 heteroatoms. The second-order valence-corrected chi connectivity index (χ2v) is 16.6. The zero-order valence-corrected chi connectivity index (χ0v) is 29.8. The van der Waals surface area contributed by atoms with Crippen molar-refractivity contribution in [2.45, 2.75) is 88.8 Å². The molecule has 0 spiro atoms. The number of sulfonamides is 1. The number of hydrogen-bond donors (Lipinski definition) is 1. The number of fused-ring (bicyclic) bond motifs is 7. The number of amides is 2. The molecule has 3 fully saturated rings. The Hall–Kier alpha value is -4.42. The zero-order valence-electron chi connectivity index (χ0n) is 28.9. The van der Waals surface area contributed by atoms with Crippen LogP contribution in [0, 0.1) is 0 Å². The van der Waals surface area contributed by atoms with Crippen LogP contribution in [0.3, 0.4) is 0 Å². The van der Waals surface area contributed by atoms with E-state index in [4.69, 9.17) is 9.47 Å². The van der Waals surface area contributed by atoms with Crippen LogP contribution in [-0.4, -0.2) is 70.7 Å². The van der Waals surface area contributed by atoms with Crippen molar-refractivity contribution in [2.75, 3.05) is 13.7 Å². The molecule has 5 heterocycles. The molecule has 2 saturated heterocycles. The smallest absolute Gasteiger partial charge is 0.264 e. The fraction of sp³-hybridized carbons (Fsp3) is 0.447. The monoisotopic (exact) mass is 697 g/mol. The normalized spacial score (nSPS) is 20.5. The van der Waals surface area contributed by atoms with Gasteiger partial charge in [0.25, 0.3) is 11.8 Å². The standard InChI is InChI=1S/C38H43N5O6S/c1-22(2)50(46,47)40-37(44)24-10-13-30-32(18-24)42-20-26(35-31(19-39-41(35)3)38(45)43-21-28-12-15-33(43)49-28)16-25-17-27(48-4)11-14-29(25)36(42)34(30)23-8-6-5-7-9-23/h10-11,13-14,16-19,22-23,28,33H,5-9,12,15,20-21H2,1-4H3,(H,40,44). The molecule has 4 aliphatic rings. The SMILES string of the molecule is COc1ccc2c(c1)C=C(c1c(C(=O)N3CC4CCC3O4)cnn1C)Cn1c-2c(C2CCCCC2)c2ccc(C(=O)NS(=O)(=O)C(C)C)cc21. The molecular formula is C38H43N5O6S. The largest absolute Gasteiger partial charge is 0.497 e. The Morgan fingerprint density at radius 2 is 1.82 bits per heavy atom. The minimum Gasteiger partial charge on any atom is -0.497 e. The van der Waals surface area contributed by atoms with Gasteiger partial charge in [0, 0.05) is 35.6 Å². The minimum absolute atomic E-state index is 0.0782. The molecule has 11 nitrogen and oxygen atoms in total. The van der Waals surface area contributed by atoms with Crippen molar-refractivity contribution >= 4 is 44.4 Å². The van der Waals surface area contributed by atoms with Gasteiger partial charge < -0.3 is 18.9 Å². The molecule has 50 heavy (non-hydrogen) atoms. The fourth-order valence-electron chi connectivity index (χ4n) is 8.36. The summed E-state index contributed by atoms with van der Waals surface area (Å²) in [5.74, 6) is 0.285. The van der Waals surface area contributed by atoms with Gasteiger partial charge in [-0.05, 0) is 98.6 Å². The number of aromatic nitrogens is 3. The Morgan fingerprint density at radius 3 is 2.52 bits per heavy atom. The maximum atomic E-state index is 14.1. The number of allylic oxidation sites excluding steroid dienone is 1. The van der Waals surface area contributed by atoms with Gasteiger partial charge in [-0.15, -0.1) is 0 Å². The molecule has 2 amide bonds. The summed E-state index contributed by atoms with van der Waals surface area (Å²) in [6.07, 6.45) is 11.1. The van der Waals surface area contributed by atoms with E-state index in [0.29, 0.717) is 24.6 Å². The van der Waals surface area contributed by atoms with Crippen LogP contribution in [0.25, 0.3) is 33.8 Å². The summed E-state index contributed by atoms with van der Waals surface area (Å²) >= 11 is 0. The predicted molar refractivity (Wildman–Crippen MR) is 191 cm³/mol. The number of rotatable bonds is 7. The number of nitrogens with zero attached hydrogens (tertiary/aromatic N) is 4. The summed E-state index contributed by atoms with van der Waals surface area (Å²) in [6, 6.07) is 11.6. The van der Waals surface area contributed by atoms with E-state index in [1.807, 2.05) is 36.2 Å². The average Bonchev–Trinajstić information content (AvgIpc) is 3.89. The van der Waals surface area contributed by atoms with E-state index < -0.39 is 21.2 Å². The maximum Gasteiger partial charge on any atom is 0.264 e. The molecule has 1 saturated carbocycles. The number of benzene rings is 2. The van der Waals surface area contributed by atoms with Crippen molar-refractivity contribution in [2.24, 2.45) is 7.05 Å². The predicted octanol–water partition coefficient (Wildman–Crippen LogP) is 6.08. The molecule has 1 N–H and O–H groups in total. The number of piperidine rings is 1. The molecule has 262 valence electrons. The van der Waals surface area contributed by atoms with Crippen LogP contribution >= 0.6 is 0 Å². The van der Waals surface area contributed by atoms with Crippen molar-refractivity contribution in [1.82, 2.24) is 24.0 Å². The van der Waals surface area contributed by atoms with E-state index in [9.17, 15) is 18.0 Å². The molecule has 2 unspecified atom stereocenters. The van der Waals surface area contributed by atoms with Crippen LogP contribution in [0.4, 0.5) is 0 Å². The Kier molecular flexibility index (Phi) is 8.14. The minimum atomic E-state index is -3.83. The molecule has 2 aromatic heterocycles. The highest BCUT2D eigenvalue weighted by atomic mass is 32.2. The Labute approximate surface area is 292 Å². The third-order valence-electron chi connectivity index (χ3n) is 11.0. The summed E-state index contributed by atoms with van der Waals surface area (Å²) in [6.45, 7) is 4.06. The highest BCUT2D eigenvalue weighted by Crippen LogP contribution is 2.48. The first-order valence-corrected chi connectivity index (χ1v) is 19.2. The van der Waals surface area contributed by atoms with Crippen LogP contribution in [0.2, 0.25) is 0 Å². The van der Waals surface area contributed by atoms with Crippen LogP contribution in [0.15, 0.2) is 42.6 Å². The van der Waals surface area contributed by atoms with Crippen LogP contribution in [-0.2, 0) is 28.4 Å². The number of nitrogens with one attached hydrogen (secondary N) is 1. The molecule has 2 atom stereocenters. The fourth-order valence-corrected chi connectivity index (χ4v) is 8.97. The van der Waals surface area contributed by atoms with Crippen LogP contribution in [0.1, 0.15) is 102 Å². The number of likely N-dealkylation sites (tertiary alicyclic amines) is 1. The Morgan fingerprint density at radius 1 is 1.02 bits per heavy atom. The van der Waals surface area contributed by atoms with Crippen molar-refractivity contribution in [1.29, 1.82) is 0 Å². The van der Waals surface area contributed by atoms with Gasteiger partial charge in [0.05, 0.1) is 48.2 Å². The van der Waals surface area contributed by atoms with E-state index in [0.717, 1.165) is 83.3 Å². The first-order valence-electron chi connectivity index (χ1n) is 17.6. The lowest BCUT2D eigenvalue weighted by atomic mass is 9.81. The summed E-state index contributed by atoms with van der Waals surface area (Å²) in [4.78, 5) is 29.4. The zero-order chi connectivity index (χ0) is 34.9. The molecule has 2 bridgehead atoms. The van der Waals surface area contributed by atoms with Gasteiger partial charge in [0.15, 0.2) is 0 Å². The molecule has 0 radical (unpaired) electrons. The third kappa shape index (κ3) is 5.43. The first kappa shape index (κ1) is 32.8. The summed E-state index contributed by atoms with van der Waals surface area (Å²) in [5.41, 5.74) is 7.54. The van der Waals surface area contributed by atoms with Crippen molar-refractivity contribution in [3.8, 4) is 17.0 Å². The van der Waals surface area contributed by atoms with Gasteiger partial charge in [0.2, 0.25) is 10.0 Å². The van der Waals surface area contributed by atoms with Crippen molar-refractivity contribution in [3.05, 3.63) is 70.5 Å². The van der Waals surface area contributed by atoms with E-state index in [1.54, 1.807) is 37.9 Å². The highest BCUT2D eigenvalue weighted by Gasteiger charge is 2.43. The highest BCUT2D eigenvalue weighted by molar-refractivity contribution is 7.90. The topological polar surface area (TPSA) is 125 Å². The first-order chi connectivity index (χ1) is 24.0. The molecule has 3 aliphatic heterocycles. The second-order valence-electron chi connectivity index (χ2n) is 14.3. The molecule has 8 rings (SSSR count). The number of methoxy groups -OCH3 is 1. The third-order valence-corrected chi connectivity index (χ3v) is 12.7. The second kappa shape index (κ2) is 12.4. The molecule has 1 aliphatic carbocycles. The summed E-state index contributed by atoms with van der Waals surface area (Å²) < 4.78 is 43.4. The number of carbonyl (C=O) groups is 2. The quantitative estimate of drug-likeness (QED) is 0.248. The van der Waals surface area contributed by atoms with Crippen LogP contribution in [0.5, 0.6) is 5.75 Å². The lowest BCUT2D eigenvalue weighted by Gasteiger charge is -2.24. The maximum absolute atomic E-state index is 14.1. The van der Waals surface area contributed by atoms with Gasteiger partial charge >= 0.3 is 0 Å². The number of carbonyl (C=O) groups excluding carboxylic acids is 2. The molecule has 4 aromatic rings. The van der Waals surface area contributed by atoms with E-state index in [-0.39, 0.29) is 23.8 Å². The lowest BCUT2D eigenvalue weighted by Crippen LogP contribution is -2.38. The summed E-state index contributed by atoms with van der Waals surface area (Å²) in [7, 11) is -0.315.